The van der Waals surface area contributed by atoms with Crippen LogP contribution >= 0.6 is 0 Å². The van der Waals surface area contributed by atoms with Gasteiger partial charge in [0.1, 0.15) is 6.54 Å². The van der Waals surface area contributed by atoms with Crippen LogP contribution in [0.1, 0.15) is 12.8 Å². The van der Waals surface area contributed by atoms with Crippen LogP contribution in [0.4, 0.5) is 0 Å². The highest BCUT2D eigenvalue weighted by Crippen LogP contribution is 2.03. The van der Waals surface area contributed by atoms with Crippen molar-refractivity contribution in [2.75, 3.05) is 20.1 Å². The second-order valence-corrected chi connectivity index (χ2v) is 2.19. The Bertz CT molecular complexity index is 46.1. The maximum absolute atomic E-state index is 2.34. The summed E-state index contributed by atoms with van der Waals surface area (Å²) in [6.07, 6.45) is 5.02. The smallest absolute Gasteiger partial charge is 0.141 e. The van der Waals surface area contributed by atoms with E-state index in [0.29, 0.717) is 0 Å². The summed E-state index contributed by atoms with van der Waals surface area (Å²) in [6.45, 7) is 2.48. The third kappa shape index (κ3) is 1.39. The minimum atomic E-state index is 1.19. The molecule has 1 fully saturated rings. The molecular weight excluding hydrogens is 86.1 g/mol. The van der Waals surface area contributed by atoms with Crippen LogP contribution < -0.4 is 0 Å². The first-order valence-electron chi connectivity index (χ1n) is 2.90. The van der Waals surface area contributed by atoms with Crippen LogP contribution in [0.25, 0.3) is 0 Å². The number of hydrogen-bond donors (Lipinski definition) is 0. The summed E-state index contributed by atoms with van der Waals surface area (Å²) >= 11 is 0. The van der Waals surface area contributed by atoms with E-state index < -0.39 is 0 Å². The fourth-order valence-corrected chi connectivity index (χ4v) is 0.909. The monoisotopic (exact) mass is 98.1 g/mol. The van der Waals surface area contributed by atoms with Gasteiger partial charge in [0.25, 0.3) is 0 Å². The van der Waals surface area contributed by atoms with Crippen LogP contribution in [0.2, 0.25) is 0 Å². The molecule has 0 saturated carbocycles. The van der Waals surface area contributed by atoms with Crippen molar-refractivity contribution in [2.45, 2.75) is 12.8 Å². The first kappa shape index (κ1) is 4.98. The van der Waals surface area contributed by atoms with E-state index in [1.54, 1.807) is 0 Å². The van der Waals surface area contributed by atoms with Crippen molar-refractivity contribution in [2.24, 2.45) is 0 Å². The number of likely N-dealkylation sites (tertiary alicyclic amines) is 1. The lowest BCUT2D eigenvalue weighted by atomic mass is 10.1. The molecule has 0 aromatic carbocycles. The topological polar surface area (TPSA) is 3.24 Å². The van der Waals surface area contributed by atoms with Gasteiger partial charge in [0.2, 0.25) is 0 Å². The van der Waals surface area contributed by atoms with Crippen molar-refractivity contribution < 1.29 is 0 Å². The Morgan fingerprint density at radius 1 is 1.57 bits per heavy atom. The minimum Gasteiger partial charge on any atom is -0.268 e. The molecule has 40 valence electrons. The molecule has 0 aromatic heterocycles. The van der Waals surface area contributed by atoms with E-state index in [-0.39, 0.29) is 0 Å². The molecule has 0 amide bonds. The molecule has 7 heavy (non-hydrogen) atoms. The van der Waals surface area contributed by atoms with Crippen molar-refractivity contribution >= 4 is 0 Å². The molecule has 1 saturated heterocycles. The zero-order chi connectivity index (χ0) is 5.11. The Morgan fingerprint density at radius 3 is 2.71 bits per heavy atom. The molecule has 0 spiro atoms. The highest BCUT2D eigenvalue weighted by molar-refractivity contribution is 4.74. The largest absolute Gasteiger partial charge is 0.268 e. The number of hydrogen-bond acceptors (Lipinski definition) is 1. The average Bonchev–Trinajstić information content (AvgIpc) is 1.69. The van der Waals surface area contributed by atoms with Crippen molar-refractivity contribution in [3.63, 3.8) is 0 Å². The first-order chi connectivity index (χ1) is 3.39. The van der Waals surface area contributed by atoms with E-state index in [1.807, 2.05) is 0 Å². The third-order valence-corrected chi connectivity index (χ3v) is 1.39. The first-order valence-corrected chi connectivity index (χ1v) is 2.90. The predicted octanol–water partition coefficient (Wildman–Crippen LogP) is 0.916. The van der Waals surface area contributed by atoms with Crippen LogP contribution in [0, 0.1) is 6.42 Å². The summed E-state index contributed by atoms with van der Waals surface area (Å²) in [7, 11) is 2.16. The van der Waals surface area contributed by atoms with Gasteiger partial charge in [0, 0.05) is 13.0 Å². The summed E-state index contributed by atoms with van der Waals surface area (Å²) in [6, 6.07) is 0. The summed E-state index contributed by atoms with van der Waals surface area (Å²) in [5, 5.41) is 0. The van der Waals surface area contributed by atoms with Gasteiger partial charge in [-0.25, -0.2) is 0 Å². The van der Waals surface area contributed by atoms with E-state index in [0.717, 1.165) is 0 Å². The van der Waals surface area contributed by atoms with E-state index in [9.17, 15) is 0 Å². The van der Waals surface area contributed by atoms with Crippen molar-refractivity contribution in [3.05, 3.63) is 6.42 Å². The van der Waals surface area contributed by atoms with Crippen LogP contribution in [-0.2, 0) is 0 Å². The fourth-order valence-electron chi connectivity index (χ4n) is 0.909. The van der Waals surface area contributed by atoms with Gasteiger partial charge in [-0.3, -0.25) is 4.90 Å². The van der Waals surface area contributed by atoms with Crippen molar-refractivity contribution in [1.82, 2.24) is 4.90 Å². The summed E-state index contributed by atoms with van der Waals surface area (Å²) in [5.41, 5.74) is 0. The Labute approximate surface area is 45.3 Å². The molecule has 1 aliphatic heterocycles. The molecule has 0 bridgehead atoms. The van der Waals surface area contributed by atoms with Gasteiger partial charge in [-0.2, -0.15) is 0 Å². The van der Waals surface area contributed by atoms with Gasteiger partial charge in [0.05, 0.1) is 12.8 Å². The van der Waals surface area contributed by atoms with Gasteiger partial charge in [-0.05, 0) is 7.05 Å². The van der Waals surface area contributed by atoms with Gasteiger partial charge < -0.3 is 0 Å². The predicted molar refractivity (Wildman–Crippen MR) is 31.0 cm³/mol. The standard InChI is InChI=1S/C6H12N/c1-7-5-3-2-4-6-7/h3H,2,4-6H2,1H3/q+1. The van der Waals surface area contributed by atoms with Gasteiger partial charge in [-0.1, -0.05) is 0 Å². The van der Waals surface area contributed by atoms with E-state index in [1.165, 1.54) is 25.9 Å². The Balaban J connectivity index is 2.12. The lowest BCUT2D eigenvalue weighted by Crippen LogP contribution is -2.25. The Morgan fingerprint density at radius 2 is 2.43 bits per heavy atom. The number of piperidine rings is 1. The quantitative estimate of drug-likeness (QED) is 0.407. The SMILES string of the molecule is CN1C[CH+]CCC1. The zero-order valence-corrected chi connectivity index (χ0v) is 4.85. The molecule has 0 radical (unpaired) electrons. The van der Waals surface area contributed by atoms with Crippen LogP contribution in [0.15, 0.2) is 0 Å². The highest BCUT2D eigenvalue weighted by atomic mass is 15.1. The molecule has 0 atom stereocenters. The molecule has 1 rings (SSSR count). The molecule has 1 heteroatoms. The van der Waals surface area contributed by atoms with E-state index in [4.69, 9.17) is 0 Å². The average molecular weight is 98.2 g/mol. The van der Waals surface area contributed by atoms with Crippen molar-refractivity contribution in [1.29, 1.82) is 0 Å². The number of rotatable bonds is 0. The van der Waals surface area contributed by atoms with Crippen molar-refractivity contribution in [3.8, 4) is 0 Å². The highest BCUT2D eigenvalue weighted by Gasteiger charge is 2.10. The van der Waals surface area contributed by atoms with E-state index >= 15 is 0 Å². The molecule has 0 aliphatic carbocycles. The number of nitrogens with zero attached hydrogens (tertiary/aromatic N) is 1. The summed E-state index contributed by atoms with van der Waals surface area (Å²) in [4.78, 5) is 2.34. The Hall–Kier alpha value is -0.170. The molecule has 0 unspecified atom stereocenters. The Kier molecular flexibility index (Phi) is 1.58. The molecular formula is C6H12N+. The molecule has 0 N–H and O–H groups in total. The summed E-state index contributed by atoms with van der Waals surface area (Å²) < 4.78 is 0. The van der Waals surface area contributed by atoms with Crippen LogP contribution in [0.5, 0.6) is 0 Å². The maximum Gasteiger partial charge on any atom is 0.141 e. The lowest BCUT2D eigenvalue weighted by Gasteiger charge is -2.14. The molecule has 1 heterocycles. The molecule has 1 nitrogen and oxygen atoms in total. The second kappa shape index (κ2) is 2.22. The minimum absolute atomic E-state index is 1.19. The fraction of sp³-hybridized carbons (Fsp3) is 0.833. The lowest BCUT2D eigenvalue weighted by molar-refractivity contribution is 0.319. The normalized spacial score (nSPS) is 24.1. The van der Waals surface area contributed by atoms with Crippen LogP contribution in [-0.4, -0.2) is 25.0 Å². The van der Waals surface area contributed by atoms with E-state index in [2.05, 4.69) is 18.4 Å². The second-order valence-electron chi connectivity index (χ2n) is 2.19. The maximum atomic E-state index is 2.34. The molecule has 0 aromatic rings. The van der Waals surface area contributed by atoms with Crippen LogP contribution in [0.3, 0.4) is 0 Å². The van der Waals surface area contributed by atoms with Gasteiger partial charge in [0.15, 0.2) is 0 Å². The third-order valence-electron chi connectivity index (χ3n) is 1.39. The zero-order valence-electron chi connectivity index (χ0n) is 4.85. The summed E-state index contributed by atoms with van der Waals surface area (Å²) in [5.74, 6) is 0. The van der Waals surface area contributed by atoms with Gasteiger partial charge in [-0.15, -0.1) is 0 Å². The van der Waals surface area contributed by atoms with Gasteiger partial charge >= 0.3 is 0 Å². The molecule has 1 aliphatic rings.